The van der Waals surface area contributed by atoms with E-state index in [1.807, 2.05) is 19.1 Å². The Hall–Kier alpha value is -1.31. The maximum Gasteiger partial charge on any atom is 0.251 e. The standard InChI is InChI=1S/C15H23NO/c1-5-13-8-12(4)9-14(10-13)15(17)16-7-6-11(2)3/h8-11H,5-7H2,1-4H3,(H,16,17). The van der Waals surface area contributed by atoms with Gasteiger partial charge in [0.1, 0.15) is 0 Å². The second kappa shape index (κ2) is 6.43. The summed E-state index contributed by atoms with van der Waals surface area (Å²) in [7, 11) is 0. The highest BCUT2D eigenvalue weighted by Gasteiger charge is 2.06. The van der Waals surface area contributed by atoms with E-state index in [0.717, 1.165) is 30.5 Å². The average Bonchev–Trinajstić information content (AvgIpc) is 2.27. The predicted molar refractivity (Wildman–Crippen MR) is 72.3 cm³/mol. The van der Waals surface area contributed by atoms with E-state index in [4.69, 9.17) is 0 Å². The zero-order valence-electron chi connectivity index (χ0n) is 11.3. The van der Waals surface area contributed by atoms with Gasteiger partial charge in [-0.15, -0.1) is 0 Å². The third-order valence-electron chi connectivity index (χ3n) is 2.81. The minimum absolute atomic E-state index is 0.0454. The Balaban J connectivity index is 2.65. The first-order chi connectivity index (χ1) is 8.02. The molecule has 0 saturated heterocycles. The average molecular weight is 233 g/mol. The Bertz CT molecular complexity index is 383. The van der Waals surface area contributed by atoms with Gasteiger partial charge in [0.05, 0.1) is 0 Å². The summed E-state index contributed by atoms with van der Waals surface area (Å²) in [6, 6.07) is 6.06. The van der Waals surface area contributed by atoms with Crippen molar-refractivity contribution in [3.63, 3.8) is 0 Å². The topological polar surface area (TPSA) is 29.1 Å². The molecule has 17 heavy (non-hydrogen) atoms. The monoisotopic (exact) mass is 233 g/mol. The summed E-state index contributed by atoms with van der Waals surface area (Å²) in [4.78, 5) is 11.9. The summed E-state index contributed by atoms with van der Waals surface area (Å²) < 4.78 is 0. The molecule has 0 spiro atoms. The van der Waals surface area contributed by atoms with Gasteiger partial charge in [-0.05, 0) is 43.4 Å². The van der Waals surface area contributed by atoms with E-state index in [1.165, 1.54) is 5.56 Å². The SMILES string of the molecule is CCc1cc(C)cc(C(=O)NCCC(C)C)c1. The van der Waals surface area contributed by atoms with Crippen molar-refractivity contribution >= 4 is 5.91 Å². The third-order valence-corrected chi connectivity index (χ3v) is 2.81. The van der Waals surface area contributed by atoms with E-state index in [9.17, 15) is 4.79 Å². The van der Waals surface area contributed by atoms with Crippen molar-refractivity contribution in [1.82, 2.24) is 5.32 Å². The fraction of sp³-hybridized carbons (Fsp3) is 0.533. The molecule has 0 fully saturated rings. The Morgan fingerprint density at radius 3 is 2.59 bits per heavy atom. The fourth-order valence-corrected chi connectivity index (χ4v) is 1.77. The van der Waals surface area contributed by atoms with Crippen LogP contribution < -0.4 is 5.32 Å². The van der Waals surface area contributed by atoms with Crippen LogP contribution in [0.25, 0.3) is 0 Å². The summed E-state index contributed by atoms with van der Waals surface area (Å²) in [6.45, 7) is 9.22. The molecule has 0 heterocycles. The van der Waals surface area contributed by atoms with Gasteiger partial charge < -0.3 is 5.32 Å². The van der Waals surface area contributed by atoms with Gasteiger partial charge in [-0.25, -0.2) is 0 Å². The van der Waals surface area contributed by atoms with Gasteiger partial charge >= 0.3 is 0 Å². The van der Waals surface area contributed by atoms with Gasteiger partial charge in [-0.2, -0.15) is 0 Å². The predicted octanol–water partition coefficient (Wildman–Crippen LogP) is 3.33. The molecule has 1 rings (SSSR count). The highest BCUT2D eigenvalue weighted by atomic mass is 16.1. The molecular weight excluding hydrogens is 210 g/mol. The summed E-state index contributed by atoms with van der Waals surface area (Å²) in [6.07, 6.45) is 1.99. The third kappa shape index (κ3) is 4.59. The van der Waals surface area contributed by atoms with Gasteiger partial charge in [0.15, 0.2) is 0 Å². The van der Waals surface area contributed by atoms with Crippen molar-refractivity contribution in [2.24, 2.45) is 5.92 Å². The van der Waals surface area contributed by atoms with Crippen molar-refractivity contribution in [3.8, 4) is 0 Å². The van der Waals surface area contributed by atoms with Gasteiger partial charge in [0.2, 0.25) is 0 Å². The number of hydrogen-bond donors (Lipinski definition) is 1. The quantitative estimate of drug-likeness (QED) is 0.830. The van der Waals surface area contributed by atoms with Crippen molar-refractivity contribution in [2.75, 3.05) is 6.54 Å². The molecule has 0 aliphatic heterocycles. The fourth-order valence-electron chi connectivity index (χ4n) is 1.77. The number of hydrogen-bond acceptors (Lipinski definition) is 1. The number of carbonyl (C=O) groups excluding carboxylic acids is 1. The highest BCUT2D eigenvalue weighted by Crippen LogP contribution is 2.10. The molecule has 94 valence electrons. The first-order valence-electron chi connectivity index (χ1n) is 6.41. The van der Waals surface area contributed by atoms with E-state index in [2.05, 4.69) is 32.2 Å². The van der Waals surface area contributed by atoms with Crippen molar-refractivity contribution in [2.45, 2.75) is 40.5 Å². The molecule has 0 bridgehead atoms. The molecule has 0 saturated carbocycles. The number of nitrogens with one attached hydrogen (secondary N) is 1. The largest absolute Gasteiger partial charge is 0.352 e. The zero-order chi connectivity index (χ0) is 12.8. The van der Waals surface area contributed by atoms with Gasteiger partial charge in [0.25, 0.3) is 5.91 Å². The van der Waals surface area contributed by atoms with Crippen LogP contribution in [0.5, 0.6) is 0 Å². The van der Waals surface area contributed by atoms with Gasteiger partial charge in [-0.3, -0.25) is 4.79 Å². The lowest BCUT2D eigenvalue weighted by Crippen LogP contribution is -2.25. The Kier molecular flexibility index (Phi) is 5.20. The van der Waals surface area contributed by atoms with E-state index >= 15 is 0 Å². The van der Waals surface area contributed by atoms with E-state index in [1.54, 1.807) is 0 Å². The smallest absolute Gasteiger partial charge is 0.251 e. The number of amides is 1. The summed E-state index contributed by atoms with van der Waals surface area (Å²) in [5.41, 5.74) is 3.16. The second-order valence-corrected chi connectivity index (χ2v) is 5.00. The van der Waals surface area contributed by atoms with Gasteiger partial charge in [-0.1, -0.05) is 32.4 Å². The first kappa shape index (κ1) is 13.8. The molecule has 0 radical (unpaired) electrons. The van der Waals surface area contributed by atoms with Crippen LogP contribution in [-0.2, 0) is 6.42 Å². The Labute approximate surface area is 104 Å². The second-order valence-electron chi connectivity index (χ2n) is 5.00. The van der Waals surface area contributed by atoms with Crippen LogP contribution in [0.1, 0.15) is 48.7 Å². The van der Waals surface area contributed by atoms with E-state index in [-0.39, 0.29) is 5.91 Å². The molecular formula is C15H23NO. The molecule has 1 amide bonds. The van der Waals surface area contributed by atoms with Crippen LogP contribution in [0.15, 0.2) is 18.2 Å². The van der Waals surface area contributed by atoms with Crippen LogP contribution in [0.3, 0.4) is 0 Å². The molecule has 2 nitrogen and oxygen atoms in total. The highest BCUT2D eigenvalue weighted by molar-refractivity contribution is 5.94. The molecule has 1 aromatic carbocycles. The normalized spacial score (nSPS) is 10.6. The molecule has 2 heteroatoms. The minimum Gasteiger partial charge on any atom is -0.352 e. The van der Waals surface area contributed by atoms with Crippen LogP contribution in [0.2, 0.25) is 0 Å². The number of rotatable bonds is 5. The van der Waals surface area contributed by atoms with Crippen LogP contribution in [0.4, 0.5) is 0 Å². The molecule has 1 aromatic rings. The number of benzene rings is 1. The van der Waals surface area contributed by atoms with Crippen LogP contribution >= 0.6 is 0 Å². The lowest BCUT2D eigenvalue weighted by molar-refractivity contribution is 0.0952. The van der Waals surface area contributed by atoms with E-state index in [0.29, 0.717) is 5.92 Å². The molecule has 0 aliphatic carbocycles. The lowest BCUT2D eigenvalue weighted by atomic mass is 10.0. The minimum atomic E-state index is 0.0454. The molecule has 1 N–H and O–H groups in total. The van der Waals surface area contributed by atoms with Crippen molar-refractivity contribution in [1.29, 1.82) is 0 Å². The van der Waals surface area contributed by atoms with Crippen LogP contribution in [0, 0.1) is 12.8 Å². The number of carbonyl (C=O) groups is 1. The van der Waals surface area contributed by atoms with Crippen molar-refractivity contribution in [3.05, 3.63) is 34.9 Å². The zero-order valence-corrected chi connectivity index (χ0v) is 11.3. The summed E-state index contributed by atoms with van der Waals surface area (Å²) in [5.74, 6) is 0.670. The molecule has 0 aliphatic rings. The van der Waals surface area contributed by atoms with Gasteiger partial charge in [0, 0.05) is 12.1 Å². The molecule has 0 unspecified atom stereocenters. The first-order valence-corrected chi connectivity index (χ1v) is 6.41. The maximum atomic E-state index is 11.9. The Morgan fingerprint density at radius 2 is 2.00 bits per heavy atom. The van der Waals surface area contributed by atoms with E-state index < -0.39 is 0 Å². The summed E-state index contributed by atoms with van der Waals surface area (Å²) >= 11 is 0. The number of aryl methyl sites for hydroxylation is 2. The maximum absolute atomic E-state index is 11.9. The van der Waals surface area contributed by atoms with Crippen molar-refractivity contribution < 1.29 is 4.79 Å². The Morgan fingerprint density at radius 1 is 1.29 bits per heavy atom. The lowest BCUT2D eigenvalue weighted by Gasteiger charge is -2.09. The van der Waals surface area contributed by atoms with Crippen LogP contribution in [-0.4, -0.2) is 12.5 Å². The summed E-state index contributed by atoms with van der Waals surface area (Å²) in [5, 5.41) is 2.97. The molecule has 0 atom stereocenters. The molecule has 0 aromatic heterocycles.